The fourth-order valence-corrected chi connectivity index (χ4v) is 1.33. The molecule has 1 unspecified atom stereocenters. The summed E-state index contributed by atoms with van der Waals surface area (Å²) in [5, 5.41) is 11.8. The summed E-state index contributed by atoms with van der Waals surface area (Å²) in [7, 11) is 0. The van der Waals surface area contributed by atoms with E-state index < -0.39 is 0 Å². The highest BCUT2D eigenvalue weighted by atomic mass is 35.5. The monoisotopic (exact) mass is 254 g/mol. The van der Waals surface area contributed by atoms with Gasteiger partial charge in [0.2, 0.25) is 5.91 Å². The lowest BCUT2D eigenvalue weighted by molar-refractivity contribution is -0.117. The molecule has 0 aliphatic carbocycles. The van der Waals surface area contributed by atoms with Crippen molar-refractivity contribution < 1.29 is 9.90 Å². The Morgan fingerprint density at radius 1 is 1.65 bits per heavy atom. The molecule has 0 aliphatic rings. The number of carbonyl (C=O) groups is 1. The molecule has 1 rings (SSSR count). The van der Waals surface area contributed by atoms with Crippen molar-refractivity contribution in [3.8, 4) is 0 Å². The zero-order valence-electron chi connectivity index (χ0n) is 9.56. The fourth-order valence-electron chi connectivity index (χ4n) is 1.21. The summed E-state index contributed by atoms with van der Waals surface area (Å²) in [6.45, 7) is 1.90. The van der Waals surface area contributed by atoms with Crippen molar-refractivity contribution in [1.29, 1.82) is 0 Å². The quantitative estimate of drug-likeness (QED) is 0.620. The van der Waals surface area contributed by atoms with Crippen molar-refractivity contribution in [1.82, 2.24) is 10.3 Å². The highest BCUT2D eigenvalue weighted by Gasteiger charge is 2.02. The van der Waals surface area contributed by atoms with Gasteiger partial charge in [0, 0.05) is 24.9 Å². The number of amides is 1. The van der Waals surface area contributed by atoms with Crippen molar-refractivity contribution in [3.63, 3.8) is 0 Å². The third-order valence-electron chi connectivity index (χ3n) is 2.13. The molecule has 0 fully saturated rings. The van der Waals surface area contributed by atoms with Crippen LogP contribution in [-0.2, 0) is 4.79 Å². The first-order valence-corrected chi connectivity index (χ1v) is 5.70. The van der Waals surface area contributed by atoms with Gasteiger partial charge in [-0.3, -0.25) is 4.79 Å². The molecular formula is C12H15ClN2O2. The van der Waals surface area contributed by atoms with Crippen LogP contribution in [0.2, 0.25) is 5.15 Å². The van der Waals surface area contributed by atoms with Gasteiger partial charge in [0.1, 0.15) is 5.15 Å². The van der Waals surface area contributed by atoms with E-state index in [2.05, 4.69) is 10.3 Å². The number of nitrogens with zero attached hydrogens (tertiary/aromatic N) is 1. The molecule has 0 aromatic carbocycles. The van der Waals surface area contributed by atoms with E-state index in [1.54, 1.807) is 24.4 Å². The van der Waals surface area contributed by atoms with Crippen molar-refractivity contribution in [2.45, 2.75) is 19.4 Å². The summed E-state index contributed by atoms with van der Waals surface area (Å²) in [6, 6.07) is 3.39. The Balaban J connectivity index is 2.47. The SMILES string of the molecule is CC(CCO)NC(=O)/C=C/c1ccc(Cl)nc1. The van der Waals surface area contributed by atoms with Gasteiger partial charge in [-0.2, -0.15) is 0 Å². The van der Waals surface area contributed by atoms with Crippen LogP contribution in [0, 0.1) is 0 Å². The lowest BCUT2D eigenvalue weighted by Crippen LogP contribution is -2.31. The molecule has 17 heavy (non-hydrogen) atoms. The maximum atomic E-state index is 11.4. The minimum absolute atomic E-state index is 0.0412. The number of halogens is 1. The molecule has 1 amide bonds. The largest absolute Gasteiger partial charge is 0.396 e. The Bertz CT molecular complexity index is 390. The second kappa shape index (κ2) is 7.04. The van der Waals surface area contributed by atoms with E-state index in [-0.39, 0.29) is 18.6 Å². The molecule has 0 aliphatic heterocycles. The zero-order chi connectivity index (χ0) is 12.7. The predicted octanol–water partition coefficient (Wildman–Crippen LogP) is 1.64. The number of aliphatic hydroxyl groups is 1. The van der Waals surface area contributed by atoms with E-state index in [1.165, 1.54) is 6.08 Å². The number of hydrogen-bond donors (Lipinski definition) is 2. The first-order valence-electron chi connectivity index (χ1n) is 5.33. The molecule has 0 bridgehead atoms. The number of aromatic nitrogens is 1. The number of rotatable bonds is 5. The summed E-state index contributed by atoms with van der Waals surface area (Å²) >= 11 is 5.64. The average molecular weight is 255 g/mol. The Morgan fingerprint density at radius 3 is 3.00 bits per heavy atom. The molecule has 0 saturated heterocycles. The molecule has 0 saturated carbocycles. The average Bonchev–Trinajstić information content (AvgIpc) is 2.28. The second-order valence-electron chi connectivity index (χ2n) is 3.67. The van der Waals surface area contributed by atoms with Gasteiger partial charge in [0.05, 0.1) is 0 Å². The maximum absolute atomic E-state index is 11.4. The van der Waals surface area contributed by atoms with Crippen molar-refractivity contribution in [3.05, 3.63) is 35.1 Å². The van der Waals surface area contributed by atoms with Crippen LogP contribution in [0.15, 0.2) is 24.4 Å². The maximum Gasteiger partial charge on any atom is 0.244 e. The van der Waals surface area contributed by atoms with E-state index in [1.807, 2.05) is 6.92 Å². The smallest absolute Gasteiger partial charge is 0.244 e. The summed E-state index contributed by atoms with van der Waals surface area (Å²) < 4.78 is 0. The van der Waals surface area contributed by atoms with Crippen molar-refractivity contribution in [2.75, 3.05) is 6.61 Å². The molecule has 0 spiro atoms. The Morgan fingerprint density at radius 2 is 2.41 bits per heavy atom. The third kappa shape index (κ3) is 5.47. The third-order valence-corrected chi connectivity index (χ3v) is 2.35. The summed E-state index contributed by atoms with van der Waals surface area (Å²) in [6.07, 6.45) is 5.22. The van der Waals surface area contributed by atoms with Crippen molar-refractivity contribution in [2.24, 2.45) is 0 Å². The standard InChI is InChI=1S/C12H15ClN2O2/c1-9(6-7-16)15-12(17)5-3-10-2-4-11(13)14-8-10/h2-5,8-9,16H,6-7H2,1H3,(H,15,17)/b5-3+. The Kier molecular flexibility index (Phi) is 5.66. The Hall–Kier alpha value is -1.39. The number of pyridine rings is 1. The van der Waals surface area contributed by atoms with Crippen LogP contribution >= 0.6 is 11.6 Å². The summed E-state index contributed by atoms with van der Waals surface area (Å²) in [5.74, 6) is -0.194. The molecule has 1 aromatic rings. The highest BCUT2D eigenvalue weighted by molar-refractivity contribution is 6.29. The van der Waals surface area contributed by atoms with Gasteiger partial charge < -0.3 is 10.4 Å². The Labute approximate surface area is 105 Å². The highest BCUT2D eigenvalue weighted by Crippen LogP contribution is 2.06. The van der Waals surface area contributed by atoms with Gasteiger partial charge in [0.25, 0.3) is 0 Å². The molecule has 2 N–H and O–H groups in total. The minimum atomic E-state index is -0.194. The van der Waals surface area contributed by atoms with Gasteiger partial charge in [0.15, 0.2) is 0 Å². The molecule has 5 heteroatoms. The first-order chi connectivity index (χ1) is 8.11. The zero-order valence-corrected chi connectivity index (χ0v) is 10.3. The summed E-state index contributed by atoms with van der Waals surface area (Å²) in [4.78, 5) is 15.3. The topological polar surface area (TPSA) is 62.2 Å². The molecule has 0 radical (unpaired) electrons. The minimum Gasteiger partial charge on any atom is -0.396 e. The van der Waals surface area contributed by atoms with Crippen LogP contribution in [0.25, 0.3) is 6.08 Å². The van der Waals surface area contributed by atoms with Gasteiger partial charge in [-0.05, 0) is 31.1 Å². The van der Waals surface area contributed by atoms with Gasteiger partial charge in [-0.15, -0.1) is 0 Å². The van der Waals surface area contributed by atoms with Gasteiger partial charge >= 0.3 is 0 Å². The summed E-state index contributed by atoms with van der Waals surface area (Å²) in [5.41, 5.74) is 0.805. The van der Waals surface area contributed by atoms with Crippen LogP contribution in [0.5, 0.6) is 0 Å². The van der Waals surface area contributed by atoms with Crippen molar-refractivity contribution >= 4 is 23.6 Å². The van der Waals surface area contributed by atoms with Crippen LogP contribution < -0.4 is 5.32 Å². The molecule has 92 valence electrons. The van der Waals surface area contributed by atoms with E-state index in [9.17, 15) is 4.79 Å². The lowest BCUT2D eigenvalue weighted by Gasteiger charge is -2.09. The van der Waals surface area contributed by atoms with E-state index in [4.69, 9.17) is 16.7 Å². The van der Waals surface area contributed by atoms with E-state index >= 15 is 0 Å². The second-order valence-corrected chi connectivity index (χ2v) is 4.06. The molecule has 1 heterocycles. The molecule has 1 atom stereocenters. The molecule has 1 aromatic heterocycles. The van der Waals surface area contributed by atoms with Crippen LogP contribution in [0.4, 0.5) is 0 Å². The lowest BCUT2D eigenvalue weighted by atomic mass is 10.2. The van der Waals surface area contributed by atoms with Crippen LogP contribution in [-0.4, -0.2) is 28.6 Å². The van der Waals surface area contributed by atoms with Crippen LogP contribution in [0.1, 0.15) is 18.9 Å². The normalized spacial score (nSPS) is 12.6. The van der Waals surface area contributed by atoms with Gasteiger partial charge in [-0.1, -0.05) is 17.7 Å². The molecule has 4 nitrogen and oxygen atoms in total. The van der Waals surface area contributed by atoms with Gasteiger partial charge in [-0.25, -0.2) is 4.98 Å². The fraction of sp³-hybridized carbons (Fsp3) is 0.333. The first kappa shape index (κ1) is 13.7. The van der Waals surface area contributed by atoms with Crippen LogP contribution in [0.3, 0.4) is 0 Å². The molecular weight excluding hydrogens is 240 g/mol. The number of nitrogens with one attached hydrogen (secondary N) is 1. The van der Waals surface area contributed by atoms with E-state index in [0.29, 0.717) is 11.6 Å². The number of carbonyl (C=O) groups excluding carboxylic acids is 1. The number of hydrogen-bond acceptors (Lipinski definition) is 3. The van der Waals surface area contributed by atoms with E-state index in [0.717, 1.165) is 5.56 Å². The number of aliphatic hydroxyl groups excluding tert-OH is 1. The predicted molar refractivity (Wildman–Crippen MR) is 67.6 cm³/mol.